The van der Waals surface area contributed by atoms with Gasteiger partial charge < -0.3 is 9.47 Å². The molecule has 0 bridgehead atoms. The minimum Gasteiger partial charge on any atom is -0.479 e. The van der Waals surface area contributed by atoms with Crippen LogP contribution in [0.4, 0.5) is 0 Å². The van der Waals surface area contributed by atoms with Gasteiger partial charge in [0.25, 0.3) is 0 Å². The van der Waals surface area contributed by atoms with E-state index in [9.17, 15) is 4.79 Å². The summed E-state index contributed by atoms with van der Waals surface area (Å²) < 4.78 is 11.3. The predicted octanol–water partition coefficient (Wildman–Crippen LogP) is 1.42. The lowest BCUT2D eigenvalue weighted by molar-refractivity contribution is -0.142. The van der Waals surface area contributed by atoms with E-state index in [4.69, 9.17) is 4.74 Å². The van der Waals surface area contributed by atoms with Gasteiger partial charge in [-0.25, -0.2) is 9.48 Å². The Morgan fingerprint density at radius 3 is 2.82 bits per heavy atom. The van der Waals surface area contributed by atoms with Crippen LogP contribution in [0, 0.1) is 0 Å². The fraction of sp³-hybridized carbons (Fsp3) is 0.167. The molecule has 0 N–H and O–H groups in total. The maximum Gasteiger partial charge on any atom is 0.343 e. The van der Waals surface area contributed by atoms with Gasteiger partial charge in [0.15, 0.2) is 12.4 Å². The van der Waals surface area contributed by atoms with Crippen LogP contribution in [0.15, 0.2) is 42.7 Å². The summed E-state index contributed by atoms with van der Waals surface area (Å²) in [6.45, 7) is -0.114. The number of methoxy groups -OCH3 is 1. The van der Waals surface area contributed by atoms with E-state index in [1.807, 2.05) is 30.3 Å². The zero-order chi connectivity index (χ0) is 12.1. The zero-order valence-corrected chi connectivity index (χ0v) is 9.37. The standard InChI is InChI=1S/C12H12N2O3/c1-16-12(15)9-17-11-7-13-14(8-11)10-5-3-2-4-6-10/h2-8H,9H2,1H3. The monoisotopic (exact) mass is 232 g/mol. The smallest absolute Gasteiger partial charge is 0.343 e. The summed E-state index contributed by atoms with van der Waals surface area (Å²) in [5.41, 5.74) is 0.931. The molecule has 0 unspecified atom stereocenters. The fourth-order valence-corrected chi connectivity index (χ4v) is 1.30. The van der Waals surface area contributed by atoms with Crippen molar-refractivity contribution < 1.29 is 14.3 Å². The third-order valence-corrected chi connectivity index (χ3v) is 2.16. The van der Waals surface area contributed by atoms with Gasteiger partial charge in [-0.2, -0.15) is 5.10 Å². The largest absolute Gasteiger partial charge is 0.479 e. The lowest BCUT2D eigenvalue weighted by atomic mass is 10.3. The zero-order valence-electron chi connectivity index (χ0n) is 9.37. The second-order valence-electron chi connectivity index (χ2n) is 3.32. The van der Waals surface area contributed by atoms with Crippen molar-refractivity contribution in [3.05, 3.63) is 42.7 Å². The van der Waals surface area contributed by atoms with Crippen LogP contribution in [-0.4, -0.2) is 29.5 Å². The Balaban J connectivity index is 2.04. The van der Waals surface area contributed by atoms with Crippen LogP contribution in [0.2, 0.25) is 0 Å². The number of hydrogen-bond acceptors (Lipinski definition) is 4. The highest BCUT2D eigenvalue weighted by Crippen LogP contribution is 2.13. The number of carbonyl (C=O) groups is 1. The molecule has 2 rings (SSSR count). The van der Waals surface area contributed by atoms with Crippen molar-refractivity contribution in [2.24, 2.45) is 0 Å². The van der Waals surface area contributed by atoms with Crippen molar-refractivity contribution in [3.8, 4) is 11.4 Å². The van der Waals surface area contributed by atoms with Gasteiger partial charge in [0, 0.05) is 0 Å². The summed E-state index contributed by atoms with van der Waals surface area (Å²) in [4.78, 5) is 10.9. The van der Waals surface area contributed by atoms with E-state index in [2.05, 4.69) is 9.84 Å². The van der Waals surface area contributed by atoms with Gasteiger partial charge in [-0.1, -0.05) is 18.2 Å². The predicted molar refractivity (Wildman–Crippen MR) is 61.1 cm³/mol. The molecule has 0 aliphatic rings. The van der Waals surface area contributed by atoms with Gasteiger partial charge in [0.1, 0.15) is 0 Å². The average molecular weight is 232 g/mol. The van der Waals surface area contributed by atoms with E-state index in [0.717, 1.165) is 5.69 Å². The van der Waals surface area contributed by atoms with Gasteiger partial charge in [0.05, 0.1) is 25.2 Å². The Morgan fingerprint density at radius 2 is 2.12 bits per heavy atom. The molecule has 0 amide bonds. The molecule has 0 fully saturated rings. The van der Waals surface area contributed by atoms with Gasteiger partial charge in [0.2, 0.25) is 0 Å². The number of para-hydroxylation sites is 1. The summed E-state index contributed by atoms with van der Waals surface area (Å²) in [5.74, 6) is 0.108. The summed E-state index contributed by atoms with van der Waals surface area (Å²) in [6.07, 6.45) is 3.26. The van der Waals surface area contributed by atoms with Crippen LogP contribution in [0.1, 0.15) is 0 Å². The van der Waals surface area contributed by atoms with Gasteiger partial charge >= 0.3 is 5.97 Å². The molecular weight excluding hydrogens is 220 g/mol. The van der Waals surface area contributed by atoms with Gasteiger partial charge in [-0.05, 0) is 12.1 Å². The third kappa shape index (κ3) is 2.84. The first-order chi connectivity index (χ1) is 8.29. The molecule has 0 aliphatic carbocycles. The Hall–Kier alpha value is -2.30. The molecule has 0 saturated carbocycles. The van der Waals surface area contributed by atoms with Gasteiger partial charge in [-0.3, -0.25) is 0 Å². The van der Waals surface area contributed by atoms with Crippen LogP contribution in [0.5, 0.6) is 5.75 Å². The van der Waals surface area contributed by atoms with Crippen LogP contribution in [0.3, 0.4) is 0 Å². The highest BCUT2D eigenvalue weighted by atomic mass is 16.6. The normalized spacial score (nSPS) is 9.94. The molecule has 1 aromatic heterocycles. The topological polar surface area (TPSA) is 53.4 Å². The number of benzene rings is 1. The van der Waals surface area contributed by atoms with Crippen molar-refractivity contribution >= 4 is 5.97 Å². The molecule has 1 aromatic carbocycles. The molecule has 5 nitrogen and oxygen atoms in total. The second-order valence-corrected chi connectivity index (χ2v) is 3.32. The molecule has 0 saturated heterocycles. The molecule has 5 heteroatoms. The first kappa shape index (κ1) is 11.2. The molecule has 0 atom stereocenters. The van der Waals surface area contributed by atoms with E-state index >= 15 is 0 Å². The average Bonchev–Trinajstić information content (AvgIpc) is 2.86. The Morgan fingerprint density at radius 1 is 1.35 bits per heavy atom. The van der Waals surface area contributed by atoms with Crippen LogP contribution in [0.25, 0.3) is 5.69 Å². The van der Waals surface area contributed by atoms with E-state index in [0.29, 0.717) is 5.75 Å². The quantitative estimate of drug-likeness (QED) is 0.748. The van der Waals surface area contributed by atoms with E-state index < -0.39 is 5.97 Å². The van der Waals surface area contributed by atoms with Gasteiger partial charge in [-0.15, -0.1) is 0 Å². The van der Waals surface area contributed by atoms with Crippen molar-refractivity contribution in [2.45, 2.75) is 0 Å². The third-order valence-electron chi connectivity index (χ3n) is 2.16. The fourth-order valence-electron chi connectivity index (χ4n) is 1.30. The van der Waals surface area contributed by atoms with E-state index in [1.54, 1.807) is 17.1 Å². The summed E-state index contributed by atoms with van der Waals surface area (Å²) >= 11 is 0. The number of nitrogens with zero attached hydrogens (tertiary/aromatic N) is 2. The molecule has 17 heavy (non-hydrogen) atoms. The molecule has 0 aliphatic heterocycles. The van der Waals surface area contributed by atoms with Crippen molar-refractivity contribution in [3.63, 3.8) is 0 Å². The lowest BCUT2D eigenvalue weighted by Gasteiger charge is -2.01. The number of esters is 1. The Labute approximate surface area is 98.6 Å². The van der Waals surface area contributed by atoms with Crippen molar-refractivity contribution in [2.75, 3.05) is 13.7 Å². The first-order valence-electron chi connectivity index (χ1n) is 5.09. The van der Waals surface area contributed by atoms with Crippen molar-refractivity contribution in [1.29, 1.82) is 0 Å². The van der Waals surface area contributed by atoms with Crippen LogP contribution in [-0.2, 0) is 9.53 Å². The molecule has 1 heterocycles. The number of aromatic nitrogens is 2. The highest BCUT2D eigenvalue weighted by molar-refractivity contribution is 5.70. The van der Waals surface area contributed by atoms with E-state index in [1.165, 1.54) is 7.11 Å². The van der Waals surface area contributed by atoms with Crippen molar-refractivity contribution in [1.82, 2.24) is 9.78 Å². The molecular formula is C12H12N2O3. The minimum absolute atomic E-state index is 0.114. The maximum absolute atomic E-state index is 10.9. The Kier molecular flexibility index (Phi) is 3.40. The lowest BCUT2D eigenvalue weighted by Crippen LogP contribution is -2.12. The van der Waals surface area contributed by atoms with Crippen LogP contribution < -0.4 is 4.74 Å². The highest BCUT2D eigenvalue weighted by Gasteiger charge is 2.04. The van der Waals surface area contributed by atoms with E-state index in [-0.39, 0.29) is 6.61 Å². The first-order valence-corrected chi connectivity index (χ1v) is 5.09. The SMILES string of the molecule is COC(=O)COc1cnn(-c2ccccc2)c1. The molecule has 0 spiro atoms. The molecule has 88 valence electrons. The number of rotatable bonds is 4. The van der Waals surface area contributed by atoms with Crippen LogP contribution >= 0.6 is 0 Å². The maximum atomic E-state index is 10.9. The number of ether oxygens (including phenoxy) is 2. The Bertz CT molecular complexity index is 493. The summed E-state index contributed by atoms with van der Waals surface area (Å²) in [5, 5.41) is 4.13. The summed E-state index contributed by atoms with van der Waals surface area (Å²) in [7, 11) is 1.32. The minimum atomic E-state index is -0.419. The number of hydrogen-bond donors (Lipinski definition) is 0. The molecule has 2 aromatic rings. The molecule has 0 radical (unpaired) electrons. The number of carbonyl (C=O) groups excluding carboxylic acids is 1. The summed E-state index contributed by atoms with van der Waals surface area (Å²) in [6, 6.07) is 9.63. The second kappa shape index (κ2) is 5.16.